The summed E-state index contributed by atoms with van der Waals surface area (Å²) in [5.41, 5.74) is 1.12. The van der Waals surface area contributed by atoms with Crippen LogP contribution in [0, 0.1) is 5.92 Å². The van der Waals surface area contributed by atoms with Crippen molar-refractivity contribution >= 4 is 6.03 Å². The Morgan fingerprint density at radius 3 is 2.65 bits per heavy atom. The highest BCUT2D eigenvalue weighted by Gasteiger charge is 2.37. The van der Waals surface area contributed by atoms with Gasteiger partial charge in [0.1, 0.15) is 0 Å². The molecule has 23 heavy (non-hydrogen) atoms. The maximum absolute atomic E-state index is 12.8. The molecular formula is C19H28N2O2. The molecule has 1 aliphatic carbocycles. The molecule has 2 aliphatic rings. The third kappa shape index (κ3) is 3.86. The van der Waals surface area contributed by atoms with Crippen LogP contribution in [-0.4, -0.2) is 35.2 Å². The molecule has 1 saturated heterocycles. The maximum Gasteiger partial charge on any atom is 0.318 e. The molecule has 2 N–H and O–H groups in total. The first-order valence-corrected chi connectivity index (χ1v) is 9.02. The van der Waals surface area contributed by atoms with Gasteiger partial charge >= 0.3 is 6.03 Å². The minimum Gasteiger partial charge on any atom is -0.396 e. The fraction of sp³-hybridized carbons (Fsp3) is 0.632. The van der Waals surface area contributed by atoms with Crippen LogP contribution < -0.4 is 5.32 Å². The molecule has 0 bridgehead atoms. The van der Waals surface area contributed by atoms with Crippen molar-refractivity contribution in [1.82, 2.24) is 10.2 Å². The van der Waals surface area contributed by atoms with E-state index >= 15 is 0 Å². The molecule has 1 saturated carbocycles. The first kappa shape index (κ1) is 16.3. The molecule has 3 rings (SSSR count). The second-order valence-electron chi connectivity index (χ2n) is 6.87. The summed E-state index contributed by atoms with van der Waals surface area (Å²) in [5, 5.41) is 12.4. The Bertz CT molecular complexity index is 501. The number of rotatable bonds is 6. The molecule has 2 atom stereocenters. The molecular weight excluding hydrogens is 288 g/mol. The van der Waals surface area contributed by atoms with Gasteiger partial charge in [-0.25, -0.2) is 4.79 Å². The van der Waals surface area contributed by atoms with Crippen LogP contribution in [0.5, 0.6) is 0 Å². The van der Waals surface area contributed by atoms with E-state index in [4.69, 9.17) is 5.11 Å². The topological polar surface area (TPSA) is 52.6 Å². The SMILES string of the molecule is O=C(N[C@@H](CCCO)c1ccccc1)N1CCC[C@@H]1C1CCC1. The number of carbonyl (C=O) groups excluding carboxylic acids is 1. The zero-order valence-corrected chi connectivity index (χ0v) is 13.8. The van der Waals surface area contributed by atoms with E-state index in [1.165, 1.54) is 19.3 Å². The third-order valence-corrected chi connectivity index (χ3v) is 5.40. The predicted octanol–water partition coefficient (Wildman–Crippen LogP) is 3.47. The highest BCUT2D eigenvalue weighted by Crippen LogP contribution is 2.37. The average molecular weight is 316 g/mol. The number of benzene rings is 1. The van der Waals surface area contributed by atoms with Crippen molar-refractivity contribution in [2.45, 2.75) is 57.0 Å². The van der Waals surface area contributed by atoms with E-state index in [9.17, 15) is 4.79 Å². The summed E-state index contributed by atoms with van der Waals surface area (Å²) in [6.07, 6.45) is 7.63. The van der Waals surface area contributed by atoms with Gasteiger partial charge in [0.05, 0.1) is 6.04 Å². The Labute approximate surface area is 138 Å². The van der Waals surface area contributed by atoms with E-state index in [0.717, 1.165) is 37.3 Å². The molecule has 1 aromatic rings. The van der Waals surface area contributed by atoms with Crippen LogP contribution in [-0.2, 0) is 0 Å². The van der Waals surface area contributed by atoms with Crippen LogP contribution in [0.1, 0.15) is 56.6 Å². The predicted molar refractivity (Wildman–Crippen MR) is 91.1 cm³/mol. The first-order valence-electron chi connectivity index (χ1n) is 9.02. The number of hydrogen-bond acceptors (Lipinski definition) is 2. The quantitative estimate of drug-likeness (QED) is 0.844. The van der Waals surface area contributed by atoms with E-state index in [1.54, 1.807) is 0 Å². The molecule has 0 radical (unpaired) electrons. The van der Waals surface area contributed by atoms with Gasteiger partial charge in [0.15, 0.2) is 0 Å². The van der Waals surface area contributed by atoms with E-state index in [2.05, 4.69) is 22.3 Å². The normalized spacial score (nSPS) is 22.7. The van der Waals surface area contributed by atoms with Gasteiger partial charge in [0.25, 0.3) is 0 Å². The summed E-state index contributed by atoms with van der Waals surface area (Å²) in [6.45, 7) is 1.04. The lowest BCUT2D eigenvalue weighted by molar-refractivity contribution is 0.136. The lowest BCUT2D eigenvalue weighted by Crippen LogP contribution is -2.48. The Kier molecular flexibility index (Phi) is 5.55. The molecule has 0 unspecified atom stereocenters. The summed E-state index contributed by atoms with van der Waals surface area (Å²) in [5.74, 6) is 0.718. The van der Waals surface area contributed by atoms with Gasteiger partial charge in [-0.2, -0.15) is 0 Å². The highest BCUT2D eigenvalue weighted by atomic mass is 16.3. The monoisotopic (exact) mass is 316 g/mol. The Hall–Kier alpha value is -1.55. The number of urea groups is 1. The van der Waals surface area contributed by atoms with Crippen molar-refractivity contribution in [1.29, 1.82) is 0 Å². The third-order valence-electron chi connectivity index (χ3n) is 5.40. The lowest BCUT2D eigenvalue weighted by Gasteiger charge is -2.37. The summed E-state index contributed by atoms with van der Waals surface area (Å²) in [4.78, 5) is 14.9. The van der Waals surface area contributed by atoms with E-state index in [0.29, 0.717) is 12.5 Å². The van der Waals surface area contributed by atoms with Gasteiger partial charge in [-0.05, 0) is 50.0 Å². The maximum atomic E-state index is 12.8. The molecule has 126 valence electrons. The van der Waals surface area contributed by atoms with Crippen molar-refractivity contribution in [2.24, 2.45) is 5.92 Å². The van der Waals surface area contributed by atoms with Crippen molar-refractivity contribution < 1.29 is 9.90 Å². The van der Waals surface area contributed by atoms with Gasteiger partial charge in [0, 0.05) is 19.2 Å². The fourth-order valence-corrected chi connectivity index (χ4v) is 3.89. The van der Waals surface area contributed by atoms with Crippen molar-refractivity contribution in [3.05, 3.63) is 35.9 Å². The number of aliphatic hydroxyl groups excluding tert-OH is 1. The lowest BCUT2D eigenvalue weighted by atomic mass is 9.79. The van der Waals surface area contributed by atoms with Crippen LogP contribution in [0.2, 0.25) is 0 Å². The van der Waals surface area contributed by atoms with Crippen LogP contribution in [0.3, 0.4) is 0 Å². The van der Waals surface area contributed by atoms with Gasteiger partial charge < -0.3 is 15.3 Å². The molecule has 1 heterocycles. The van der Waals surface area contributed by atoms with Crippen molar-refractivity contribution in [3.63, 3.8) is 0 Å². The van der Waals surface area contributed by atoms with Gasteiger partial charge in [-0.1, -0.05) is 36.8 Å². The van der Waals surface area contributed by atoms with E-state index in [1.807, 2.05) is 18.2 Å². The van der Waals surface area contributed by atoms with Crippen molar-refractivity contribution in [3.8, 4) is 0 Å². The molecule has 2 fully saturated rings. The molecule has 4 nitrogen and oxygen atoms in total. The second kappa shape index (κ2) is 7.82. The summed E-state index contributed by atoms with van der Waals surface area (Å²) in [7, 11) is 0. The molecule has 4 heteroatoms. The molecule has 1 aromatic carbocycles. The fourth-order valence-electron chi connectivity index (χ4n) is 3.89. The second-order valence-corrected chi connectivity index (χ2v) is 6.87. The molecule has 0 aromatic heterocycles. The molecule has 1 aliphatic heterocycles. The number of nitrogens with one attached hydrogen (secondary N) is 1. The summed E-state index contributed by atoms with van der Waals surface area (Å²) < 4.78 is 0. The Morgan fingerprint density at radius 2 is 2.00 bits per heavy atom. The number of nitrogens with zero attached hydrogens (tertiary/aromatic N) is 1. The van der Waals surface area contributed by atoms with Crippen LogP contribution >= 0.6 is 0 Å². The summed E-state index contributed by atoms with van der Waals surface area (Å²) in [6, 6.07) is 10.6. The highest BCUT2D eigenvalue weighted by molar-refractivity contribution is 5.75. The molecule has 2 amide bonds. The molecule has 0 spiro atoms. The zero-order chi connectivity index (χ0) is 16.1. The smallest absolute Gasteiger partial charge is 0.318 e. The van der Waals surface area contributed by atoms with Crippen molar-refractivity contribution in [2.75, 3.05) is 13.2 Å². The minimum absolute atomic E-state index is 0.0153. The zero-order valence-electron chi connectivity index (χ0n) is 13.8. The number of amides is 2. The Morgan fingerprint density at radius 1 is 1.22 bits per heavy atom. The number of hydrogen-bond donors (Lipinski definition) is 2. The number of likely N-dealkylation sites (tertiary alicyclic amines) is 1. The first-order chi connectivity index (χ1) is 11.3. The largest absolute Gasteiger partial charge is 0.396 e. The van der Waals surface area contributed by atoms with Gasteiger partial charge in [-0.15, -0.1) is 0 Å². The van der Waals surface area contributed by atoms with E-state index in [-0.39, 0.29) is 18.7 Å². The summed E-state index contributed by atoms with van der Waals surface area (Å²) >= 11 is 0. The minimum atomic E-state index is -0.0153. The van der Waals surface area contributed by atoms with Crippen LogP contribution in [0.15, 0.2) is 30.3 Å². The van der Waals surface area contributed by atoms with Crippen LogP contribution in [0.4, 0.5) is 4.79 Å². The number of aliphatic hydroxyl groups is 1. The van der Waals surface area contributed by atoms with Gasteiger partial charge in [0.2, 0.25) is 0 Å². The number of carbonyl (C=O) groups is 1. The van der Waals surface area contributed by atoms with E-state index < -0.39 is 0 Å². The average Bonchev–Trinajstić information content (AvgIpc) is 2.99. The van der Waals surface area contributed by atoms with Gasteiger partial charge in [-0.3, -0.25) is 0 Å². The van der Waals surface area contributed by atoms with Crippen LogP contribution in [0.25, 0.3) is 0 Å². The standard InChI is InChI=1S/C19H28N2O2/c22-14-6-11-17(15-7-2-1-3-8-15)20-19(23)21-13-5-12-18(21)16-9-4-10-16/h1-3,7-8,16-18,22H,4-6,9-14H2,(H,20,23)/t17-,18+/m0/s1. The Balaban J connectivity index is 1.65.